The second-order valence-electron chi connectivity index (χ2n) is 6.22. The Bertz CT molecular complexity index is 759. The highest BCUT2D eigenvalue weighted by Gasteiger charge is 2.08. The molecule has 0 atom stereocenters. The molecule has 2 N–H and O–H groups in total. The maximum Gasteiger partial charge on any atom is 0.262 e. The van der Waals surface area contributed by atoms with E-state index in [9.17, 15) is 9.59 Å². The first-order chi connectivity index (χ1) is 13.6. The summed E-state index contributed by atoms with van der Waals surface area (Å²) in [5.41, 5.74) is 2.26. The van der Waals surface area contributed by atoms with Gasteiger partial charge in [0, 0.05) is 31.0 Å². The monoisotopic (exact) mass is 384 g/mol. The molecule has 0 aromatic heterocycles. The summed E-state index contributed by atoms with van der Waals surface area (Å²) in [5, 5.41) is 5.59. The molecule has 150 valence electrons. The average Bonchev–Trinajstić information content (AvgIpc) is 2.72. The number of anilines is 1. The van der Waals surface area contributed by atoms with Crippen LogP contribution in [0.5, 0.6) is 5.75 Å². The molecule has 0 heterocycles. The molecular weight excluding hydrogens is 356 g/mol. The van der Waals surface area contributed by atoms with Gasteiger partial charge in [0.15, 0.2) is 6.61 Å². The van der Waals surface area contributed by atoms with Crippen LogP contribution in [0.2, 0.25) is 0 Å². The van der Waals surface area contributed by atoms with Gasteiger partial charge in [-0.1, -0.05) is 25.1 Å². The molecule has 2 aromatic carbocycles. The minimum Gasteiger partial charge on any atom is -0.484 e. The summed E-state index contributed by atoms with van der Waals surface area (Å²) in [5.74, 6) is 0.182. The highest BCUT2D eigenvalue weighted by molar-refractivity contribution is 5.97. The summed E-state index contributed by atoms with van der Waals surface area (Å²) in [7, 11) is 0. The average molecular weight is 384 g/mol. The van der Waals surface area contributed by atoms with Crippen LogP contribution in [0, 0.1) is 0 Å². The van der Waals surface area contributed by atoms with E-state index in [1.54, 1.807) is 24.3 Å². The molecule has 0 saturated heterocycles. The van der Waals surface area contributed by atoms with E-state index in [1.807, 2.05) is 31.2 Å². The summed E-state index contributed by atoms with van der Waals surface area (Å²) in [6.45, 7) is 5.75. The van der Waals surface area contributed by atoms with Crippen molar-refractivity contribution in [3.8, 4) is 5.75 Å². The van der Waals surface area contributed by atoms with Crippen LogP contribution in [0.1, 0.15) is 36.2 Å². The van der Waals surface area contributed by atoms with Gasteiger partial charge in [0.25, 0.3) is 11.8 Å². The van der Waals surface area contributed by atoms with Gasteiger partial charge in [-0.2, -0.15) is 0 Å². The van der Waals surface area contributed by atoms with Crippen LogP contribution in [0.15, 0.2) is 48.5 Å². The number of aryl methyl sites for hydroxylation is 1. The molecule has 2 amide bonds. The van der Waals surface area contributed by atoms with E-state index in [4.69, 9.17) is 9.47 Å². The van der Waals surface area contributed by atoms with Gasteiger partial charge in [0.1, 0.15) is 5.75 Å². The van der Waals surface area contributed by atoms with Crippen LogP contribution >= 0.6 is 0 Å². The molecule has 0 spiro atoms. The molecule has 2 rings (SSSR count). The Morgan fingerprint density at radius 3 is 2.54 bits per heavy atom. The van der Waals surface area contributed by atoms with E-state index in [-0.39, 0.29) is 18.4 Å². The number of ether oxygens (including phenoxy) is 2. The standard InChI is InChI=1S/C22H28N2O4/c1-3-17-9-11-20(12-10-17)28-16-21(25)24-19-8-5-7-18(15-19)22(26)23-13-6-14-27-4-2/h5,7-12,15H,3-4,6,13-14,16H2,1-2H3,(H,23,26)(H,24,25). The SMILES string of the molecule is CCOCCCNC(=O)c1cccc(NC(=O)COc2ccc(CC)cc2)c1. The topological polar surface area (TPSA) is 76.7 Å². The maximum absolute atomic E-state index is 12.2. The highest BCUT2D eigenvalue weighted by atomic mass is 16.5. The zero-order valence-corrected chi connectivity index (χ0v) is 16.5. The first kappa shape index (κ1) is 21.4. The molecule has 0 bridgehead atoms. The lowest BCUT2D eigenvalue weighted by atomic mass is 10.2. The number of nitrogens with one attached hydrogen (secondary N) is 2. The third-order valence-electron chi connectivity index (χ3n) is 4.07. The fourth-order valence-corrected chi connectivity index (χ4v) is 2.53. The van der Waals surface area contributed by atoms with Crippen LogP contribution in [-0.2, 0) is 16.0 Å². The van der Waals surface area contributed by atoms with Gasteiger partial charge in [-0.15, -0.1) is 0 Å². The van der Waals surface area contributed by atoms with Gasteiger partial charge in [-0.05, 0) is 55.7 Å². The van der Waals surface area contributed by atoms with Crippen molar-refractivity contribution in [2.75, 3.05) is 31.7 Å². The lowest BCUT2D eigenvalue weighted by molar-refractivity contribution is -0.118. The molecule has 6 nitrogen and oxygen atoms in total. The quantitative estimate of drug-likeness (QED) is 0.582. The van der Waals surface area contributed by atoms with Crippen LogP contribution in [0.4, 0.5) is 5.69 Å². The predicted molar refractivity (Wildman–Crippen MR) is 110 cm³/mol. The molecule has 0 unspecified atom stereocenters. The number of carbonyl (C=O) groups is 2. The lowest BCUT2D eigenvalue weighted by Crippen LogP contribution is -2.25. The Morgan fingerprint density at radius 1 is 1.04 bits per heavy atom. The molecule has 0 saturated carbocycles. The van der Waals surface area contributed by atoms with E-state index in [0.29, 0.717) is 36.8 Å². The van der Waals surface area contributed by atoms with Crippen molar-refractivity contribution >= 4 is 17.5 Å². The summed E-state index contributed by atoms with van der Waals surface area (Å²) in [6, 6.07) is 14.5. The molecule has 0 aliphatic heterocycles. The number of benzene rings is 2. The minimum atomic E-state index is -0.283. The van der Waals surface area contributed by atoms with Crippen LogP contribution in [0.25, 0.3) is 0 Å². The van der Waals surface area contributed by atoms with Crippen LogP contribution in [0.3, 0.4) is 0 Å². The van der Waals surface area contributed by atoms with Crippen molar-refractivity contribution in [2.45, 2.75) is 26.7 Å². The Hall–Kier alpha value is -2.86. The summed E-state index contributed by atoms with van der Waals surface area (Å²) >= 11 is 0. The smallest absolute Gasteiger partial charge is 0.262 e. The number of carbonyl (C=O) groups excluding carboxylic acids is 2. The van der Waals surface area contributed by atoms with E-state index in [2.05, 4.69) is 17.6 Å². The second kappa shape index (κ2) is 11.8. The second-order valence-corrected chi connectivity index (χ2v) is 6.22. The highest BCUT2D eigenvalue weighted by Crippen LogP contribution is 2.13. The van der Waals surface area contributed by atoms with Crippen molar-refractivity contribution in [1.29, 1.82) is 0 Å². The molecule has 0 radical (unpaired) electrons. The van der Waals surface area contributed by atoms with Crippen molar-refractivity contribution in [3.63, 3.8) is 0 Å². The van der Waals surface area contributed by atoms with Crippen molar-refractivity contribution < 1.29 is 19.1 Å². The molecule has 6 heteroatoms. The van der Waals surface area contributed by atoms with E-state index >= 15 is 0 Å². The normalized spacial score (nSPS) is 10.4. The van der Waals surface area contributed by atoms with Crippen molar-refractivity contribution in [3.05, 3.63) is 59.7 Å². The Morgan fingerprint density at radius 2 is 1.82 bits per heavy atom. The Balaban J connectivity index is 1.80. The first-order valence-electron chi connectivity index (χ1n) is 9.60. The third kappa shape index (κ3) is 7.40. The van der Waals surface area contributed by atoms with Crippen molar-refractivity contribution in [2.24, 2.45) is 0 Å². The van der Waals surface area contributed by atoms with E-state index in [0.717, 1.165) is 12.8 Å². The van der Waals surface area contributed by atoms with E-state index < -0.39 is 0 Å². The zero-order valence-electron chi connectivity index (χ0n) is 16.5. The first-order valence-corrected chi connectivity index (χ1v) is 9.60. The maximum atomic E-state index is 12.2. The number of amides is 2. The van der Waals surface area contributed by atoms with Gasteiger partial charge in [0.05, 0.1) is 0 Å². The van der Waals surface area contributed by atoms with Gasteiger partial charge in [-0.25, -0.2) is 0 Å². The number of rotatable bonds is 11. The van der Waals surface area contributed by atoms with Crippen LogP contribution in [-0.4, -0.2) is 38.2 Å². The predicted octanol–water partition coefficient (Wildman–Crippen LogP) is 3.42. The van der Waals surface area contributed by atoms with Crippen LogP contribution < -0.4 is 15.4 Å². The van der Waals surface area contributed by atoms with Gasteiger partial charge >= 0.3 is 0 Å². The largest absolute Gasteiger partial charge is 0.484 e. The molecule has 0 aliphatic carbocycles. The minimum absolute atomic E-state index is 0.0979. The molecule has 28 heavy (non-hydrogen) atoms. The zero-order chi connectivity index (χ0) is 20.2. The van der Waals surface area contributed by atoms with Crippen molar-refractivity contribution in [1.82, 2.24) is 5.32 Å². The van der Waals surface area contributed by atoms with Gasteiger partial charge in [-0.3, -0.25) is 9.59 Å². The Labute approximate surface area is 166 Å². The number of hydrogen-bond acceptors (Lipinski definition) is 4. The third-order valence-corrected chi connectivity index (χ3v) is 4.07. The van der Waals surface area contributed by atoms with E-state index in [1.165, 1.54) is 5.56 Å². The fourth-order valence-electron chi connectivity index (χ4n) is 2.53. The number of hydrogen-bond donors (Lipinski definition) is 2. The fraction of sp³-hybridized carbons (Fsp3) is 0.364. The molecular formula is C22H28N2O4. The summed E-state index contributed by atoms with van der Waals surface area (Å²) in [4.78, 5) is 24.3. The molecule has 2 aromatic rings. The van der Waals surface area contributed by atoms with Gasteiger partial charge < -0.3 is 20.1 Å². The summed E-state index contributed by atoms with van der Waals surface area (Å²) < 4.78 is 10.7. The van der Waals surface area contributed by atoms with Gasteiger partial charge in [0.2, 0.25) is 0 Å². The molecule has 0 fully saturated rings. The Kier molecular flexibility index (Phi) is 9.01. The lowest BCUT2D eigenvalue weighted by Gasteiger charge is -2.10. The molecule has 0 aliphatic rings. The summed E-state index contributed by atoms with van der Waals surface area (Å²) in [6.07, 6.45) is 1.71.